The van der Waals surface area contributed by atoms with Gasteiger partial charge >= 0.3 is 0 Å². The molecule has 24 heavy (non-hydrogen) atoms. The van der Waals surface area contributed by atoms with Gasteiger partial charge < -0.3 is 10.6 Å². The highest BCUT2D eigenvalue weighted by Crippen LogP contribution is 2.30. The van der Waals surface area contributed by atoms with Gasteiger partial charge in [0.25, 0.3) is 5.91 Å². The summed E-state index contributed by atoms with van der Waals surface area (Å²) in [4.78, 5) is 24.1. The summed E-state index contributed by atoms with van der Waals surface area (Å²) in [5.74, 6) is 0.0338. The van der Waals surface area contributed by atoms with Gasteiger partial charge in [-0.25, -0.2) is 0 Å². The molecule has 1 aliphatic rings. The molecule has 0 saturated heterocycles. The Morgan fingerprint density at radius 3 is 2.38 bits per heavy atom. The average molecular weight is 343 g/mol. The Morgan fingerprint density at radius 1 is 1.08 bits per heavy atom. The summed E-state index contributed by atoms with van der Waals surface area (Å²) in [6.07, 6.45) is 1.93. The summed E-state index contributed by atoms with van der Waals surface area (Å²) in [5.41, 5.74) is 2.13. The van der Waals surface area contributed by atoms with Gasteiger partial charge in [0.2, 0.25) is 5.91 Å². The van der Waals surface area contributed by atoms with E-state index in [-0.39, 0.29) is 23.8 Å². The fourth-order valence-corrected chi connectivity index (χ4v) is 2.78. The molecule has 1 saturated carbocycles. The molecule has 124 valence electrons. The lowest BCUT2D eigenvalue weighted by Crippen LogP contribution is -2.26. The molecule has 0 spiro atoms. The van der Waals surface area contributed by atoms with Crippen LogP contribution in [0.15, 0.2) is 48.5 Å². The van der Waals surface area contributed by atoms with Crippen LogP contribution in [-0.2, 0) is 4.79 Å². The van der Waals surface area contributed by atoms with Crippen LogP contribution in [0.5, 0.6) is 0 Å². The summed E-state index contributed by atoms with van der Waals surface area (Å²) in [6, 6.07) is 14.1. The number of hydrogen-bond donors (Lipinski definition) is 2. The molecule has 5 heteroatoms. The quantitative estimate of drug-likeness (QED) is 0.856. The SMILES string of the molecule is C[C@@H](NC(=O)c1ccc(NC(=O)C2CC2)cc1)c1ccccc1Cl. The molecule has 0 radical (unpaired) electrons. The maximum absolute atomic E-state index is 12.3. The third-order valence-electron chi connectivity index (χ3n) is 4.08. The Hall–Kier alpha value is -2.33. The molecule has 1 aliphatic carbocycles. The highest BCUT2D eigenvalue weighted by atomic mass is 35.5. The van der Waals surface area contributed by atoms with E-state index in [9.17, 15) is 9.59 Å². The molecule has 2 aromatic rings. The summed E-state index contributed by atoms with van der Waals surface area (Å²) in [6.45, 7) is 1.89. The monoisotopic (exact) mass is 342 g/mol. The number of rotatable bonds is 5. The molecule has 2 amide bonds. The van der Waals surface area contributed by atoms with Gasteiger partial charge in [-0.2, -0.15) is 0 Å². The van der Waals surface area contributed by atoms with Crippen LogP contribution in [-0.4, -0.2) is 11.8 Å². The highest BCUT2D eigenvalue weighted by molar-refractivity contribution is 6.31. The lowest BCUT2D eigenvalue weighted by atomic mass is 10.1. The van der Waals surface area contributed by atoms with E-state index in [2.05, 4.69) is 10.6 Å². The Labute approximate surface area is 146 Å². The Morgan fingerprint density at radius 2 is 1.75 bits per heavy atom. The lowest BCUT2D eigenvalue weighted by molar-refractivity contribution is -0.117. The van der Waals surface area contributed by atoms with Crippen molar-refractivity contribution in [2.24, 2.45) is 5.92 Å². The first-order valence-electron chi connectivity index (χ1n) is 8.01. The molecule has 0 bridgehead atoms. The molecule has 1 fully saturated rings. The normalized spacial score (nSPS) is 14.8. The van der Waals surface area contributed by atoms with Crippen LogP contribution in [0.1, 0.15) is 41.7 Å². The summed E-state index contributed by atoms with van der Waals surface area (Å²) >= 11 is 6.16. The molecule has 2 N–H and O–H groups in total. The van der Waals surface area contributed by atoms with E-state index in [1.165, 1.54) is 0 Å². The smallest absolute Gasteiger partial charge is 0.251 e. The Balaban J connectivity index is 1.62. The second-order valence-electron chi connectivity index (χ2n) is 6.06. The zero-order valence-electron chi connectivity index (χ0n) is 13.4. The van der Waals surface area contributed by atoms with Crippen molar-refractivity contribution >= 4 is 29.1 Å². The second-order valence-corrected chi connectivity index (χ2v) is 6.46. The molecule has 3 rings (SSSR count). The lowest BCUT2D eigenvalue weighted by Gasteiger charge is -2.16. The topological polar surface area (TPSA) is 58.2 Å². The van der Waals surface area contributed by atoms with Crippen LogP contribution >= 0.6 is 11.6 Å². The molecule has 1 atom stereocenters. The fraction of sp³-hybridized carbons (Fsp3) is 0.263. The minimum Gasteiger partial charge on any atom is -0.345 e. The minimum atomic E-state index is -0.194. The highest BCUT2D eigenvalue weighted by Gasteiger charge is 2.29. The van der Waals surface area contributed by atoms with Gasteiger partial charge in [-0.15, -0.1) is 0 Å². The van der Waals surface area contributed by atoms with Crippen LogP contribution in [0.3, 0.4) is 0 Å². The van der Waals surface area contributed by atoms with E-state index < -0.39 is 0 Å². The van der Waals surface area contributed by atoms with Crippen LogP contribution < -0.4 is 10.6 Å². The fourth-order valence-electron chi connectivity index (χ4n) is 2.48. The van der Waals surface area contributed by atoms with E-state index >= 15 is 0 Å². The first-order chi connectivity index (χ1) is 11.5. The van der Waals surface area contributed by atoms with Crippen molar-refractivity contribution in [1.82, 2.24) is 5.32 Å². The largest absolute Gasteiger partial charge is 0.345 e. The van der Waals surface area contributed by atoms with Gasteiger partial charge in [0.1, 0.15) is 0 Å². The molecule has 4 nitrogen and oxygen atoms in total. The number of amides is 2. The van der Waals surface area contributed by atoms with Crippen molar-refractivity contribution in [3.8, 4) is 0 Å². The van der Waals surface area contributed by atoms with Crippen LogP contribution in [0.2, 0.25) is 5.02 Å². The standard InChI is InChI=1S/C19H19ClN2O2/c1-12(16-4-2-3-5-17(16)20)21-18(23)14-8-10-15(11-9-14)22-19(24)13-6-7-13/h2-5,8-13H,6-7H2,1H3,(H,21,23)(H,22,24)/t12-/m1/s1. The number of halogens is 1. The van der Waals surface area contributed by atoms with E-state index in [1.807, 2.05) is 25.1 Å². The first-order valence-corrected chi connectivity index (χ1v) is 8.38. The predicted molar refractivity (Wildman–Crippen MR) is 95.1 cm³/mol. The van der Waals surface area contributed by atoms with Crippen LogP contribution in [0.25, 0.3) is 0 Å². The van der Waals surface area contributed by atoms with E-state index in [1.54, 1.807) is 30.3 Å². The number of carbonyl (C=O) groups is 2. The third kappa shape index (κ3) is 3.95. The van der Waals surface area contributed by atoms with Crippen LogP contribution in [0, 0.1) is 5.92 Å². The summed E-state index contributed by atoms with van der Waals surface area (Å²) in [7, 11) is 0. The summed E-state index contributed by atoms with van der Waals surface area (Å²) < 4.78 is 0. The van der Waals surface area contributed by atoms with E-state index in [0.29, 0.717) is 16.3 Å². The number of benzene rings is 2. The van der Waals surface area contributed by atoms with Gasteiger partial charge in [0.15, 0.2) is 0 Å². The Bertz CT molecular complexity index is 754. The molecule has 0 aromatic heterocycles. The molecular formula is C19H19ClN2O2. The number of anilines is 1. The molecule has 0 aliphatic heterocycles. The average Bonchev–Trinajstić information content (AvgIpc) is 3.40. The second kappa shape index (κ2) is 7.05. The van der Waals surface area contributed by atoms with Crippen molar-refractivity contribution in [3.05, 3.63) is 64.7 Å². The van der Waals surface area contributed by atoms with Gasteiger partial charge in [0.05, 0.1) is 6.04 Å². The van der Waals surface area contributed by atoms with Gasteiger partial charge in [-0.05, 0) is 55.7 Å². The number of nitrogens with one attached hydrogen (secondary N) is 2. The molecule has 0 heterocycles. The third-order valence-corrected chi connectivity index (χ3v) is 4.43. The maximum Gasteiger partial charge on any atom is 0.251 e. The zero-order valence-corrected chi connectivity index (χ0v) is 14.1. The predicted octanol–water partition coefficient (Wildman–Crippen LogP) is 4.18. The first kappa shape index (κ1) is 16.5. The van der Waals surface area contributed by atoms with Crippen molar-refractivity contribution in [3.63, 3.8) is 0 Å². The number of carbonyl (C=O) groups excluding carboxylic acids is 2. The molecule has 2 aromatic carbocycles. The van der Waals surface area contributed by atoms with Gasteiger partial charge in [0, 0.05) is 22.2 Å². The molecular weight excluding hydrogens is 324 g/mol. The van der Waals surface area contributed by atoms with Crippen molar-refractivity contribution in [2.45, 2.75) is 25.8 Å². The Kier molecular flexibility index (Phi) is 4.86. The van der Waals surface area contributed by atoms with E-state index in [4.69, 9.17) is 11.6 Å². The van der Waals surface area contributed by atoms with Gasteiger partial charge in [-0.3, -0.25) is 9.59 Å². The minimum absolute atomic E-state index is 0.0551. The molecule has 0 unspecified atom stereocenters. The zero-order chi connectivity index (χ0) is 17.1. The van der Waals surface area contributed by atoms with E-state index in [0.717, 1.165) is 18.4 Å². The van der Waals surface area contributed by atoms with Crippen LogP contribution in [0.4, 0.5) is 5.69 Å². The maximum atomic E-state index is 12.3. The van der Waals surface area contributed by atoms with Crippen molar-refractivity contribution < 1.29 is 9.59 Å². The number of hydrogen-bond acceptors (Lipinski definition) is 2. The van der Waals surface area contributed by atoms with Crippen molar-refractivity contribution in [1.29, 1.82) is 0 Å². The van der Waals surface area contributed by atoms with Crippen molar-refractivity contribution in [2.75, 3.05) is 5.32 Å². The summed E-state index contributed by atoms with van der Waals surface area (Å²) in [5, 5.41) is 6.42. The van der Waals surface area contributed by atoms with Gasteiger partial charge in [-0.1, -0.05) is 29.8 Å².